The van der Waals surface area contributed by atoms with E-state index >= 15 is 0 Å². The van der Waals surface area contributed by atoms with Crippen LogP contribution >= 0.6 is 11.6 Å². The molecule has 0 spiro atoms. The van der Waals surface area contributed by atoms with Crippen LogP contribution in [0, 0.1) is 5.82 Å². The average molecular weight is 470 g/mol. The lowest BCUT2D eigenvalue weighted by molar-refractivity contribution is -0.136. The molecule has 3 rings (SSSR count). The van der Waals surface area contributed by atoms with Gasteiger partial charge >= 0.3 is 17.8 Å². The van der Waals surface area contributed by atoms with Crippen molar-refractivity contribution in [3.63, 3.8) is 0 Å². The third kappa shape index (κ3) is 6.37. The fourth-order valence-electron chi connectivity index (χ4n) is 2.54. The van der Waals surface area contributed by atoms with E-state index in [0.29, 0.717) is 16.9 Å². The molecule has 0 aliphatic carbocycles. The number of ether oxygens (including phenoxy) is 2. The third-order valence-corrected chi connectivity index (χ3v) is 4.49. The van der Waals surface area contributed by atoms with Gasteiger partial charge in [-0.05, 0) is 54.6 Å². The number of nitrogens with zero attached hydrogens (tertiary/aromatic N) is 1. The second kappa shape index (κ2) is 10.9. The molecule has 0 fully saturated rings. The number of anilines is 1. The lowest BCUT2D eigenvalue weighted by Crippen LogP contribution is -2.32. The minimum Gasteiger partial charge on any atom is -0.497 e. The zero-order valence-corrected chi connectivity index (χ0v) is 17.9. The number of amides is 2. The number of hydrogen-bond donors (Lipinski definition) is 2. The van der Waals surface area contributed by atoms with Gasteiger partial charge < -0.3 is 14.8 Å². The molecule has 3 aromatic carbocycles. The van der Waals surface area contributed by atoms with Crippen molar-refractivity contribution in [2.24, 2.45) is 5.10 Å². The highest BCUT2D eigenvalue weighted by Crippen LogP contribution is 2.20. The number of carbonyl (C=O) groups is 3. The Morgan fingerprint density at radius 3 is 2.42 bits per heavy atom. The van der Waals surface area contributed by atoms with Crippen LogP contribution < -0.4 is 20.2 Å². The zero-order valence-electron chi connectivity index (χ0n) is 17.2. The van der Waals surface area contributed by atoms with Crippen LogP contribution in [0.3, 0.4) is 0 Å². The quantitative estimate of drug-likeness (QED) is 0.188. The lowest BCUT2D eigenvalue weighted by atomic mass is 10.2. The number of methoxy groups -OCH3 is 1. The van der Waals surface area contributed by atoms with Gasteiger partial charge in [0.15, 0.2) is 0 Å². The Labute approximate surface area is 193 Å². The van der Waals surface area contributed by atoms with Crippen molar-refractivity contribution >= 4 is 41.3 Å². The molecular weight excluding hydrogens is 453 g/mol. The number of halogens is 2. The fourth-order valence-corrected chi connectivity index (χ4v) is 2.72. The molecule has 0 saturated carbocycles. The molecule has 0 radical (unpaired) electrons. The number of rotatable bonds is 6. The van der Waals surface area contributed by atoms with E-state index in [1.165, 1.54) is 25.5 Å². The maximum absolute atomic E-state index is 13.2. The summed E-state index contributed by atoms with van der Waals surface area (Å²) in [6.07, 6.45) is 1.22. The molecule has 2 amide bonds. The Balaban J connectivity index is 1.61. The molecule has 0 atom stereocenters. The molecule has 3 aromatic rings. The molecule has 33 heavy (non-hydrogen) atoms. The number of para-hydroxylation sites is 1. The molecule has 8 nitrogen and oxygen atoms in total. The van der Waals surface area contributed by atoms with Crippen molar-refractivity contribution in [2.45, 2.75) is 0 Å². The number of carbonyl (C=O) groups excluding carboxylic acids is 3. The molecule has 0 unspecified atom stereocenters. The Kier molecular flexibility index (Phi) is 7.72. The largest absolute Gasteiger partial charge is 0.497 e. The second-order valence-corrected chi connectivity index (χ2v) is 6.85. The molecule has 10 heteroatoms. The Morgan fingerprint density at radius 1 is 1.00 bits per heavy atom. The molecule has 0 aliphatic heterocycles. The lowest BCUT2D eigenvalue weighted by Gasteiger charge is -2.08. The molecule has 0 aliphatic rings. The van der Waals surface area contributed by atoms with E-state index in [1.807, 2.05) is 0 Å². The topological polar surface area (TPSA) is 106 Å². The van der Waals surface area contributed by atoms with E-state index < -0.39 is 23.6 Å². The highest BCUT2D eigenvalue weighted by atomic mass is 35.5. The van der Waals surface area contributed by atoms with Crippen molar-refractivity contribution in [1.82, 2.24) is 5.43 Å². The first-order chi connectivity index (χ1) is 15.9. The van der Waals surface area contributed by atoms with Crippen LogP contribution in [0.2, 0.25) is 5.02 Å². The van der Waals surface area contributed by atoms with Gasteiger partial charge in [0.1, 0.15) is 17.3 Å². The first-order valence-corrected chi connectivity index (χ1v) is 9.80. The fraction of sp³-hybridized carbons (Fsp3) is 0.0435. The second-order valence-electron chi connectivity index (χ2n) is 6.44. The summed E-state index contributed by atoms with van der Waals surface area (Å²) in [6, 6.07) is 16.3. The van der Waals surface area contributed by atoms with Gasteiger partial charge in [-0.2, -0.15) is 5.10 Å². The minimum absolute atomic E-state index is 0.140. The van der Waals surface area contributed by atoms with Gasteiger partial charge in [0.2, 0.25) is 0 Å². The van der Waals surface area contributed by atoms with E-state index in [0.717, 1.165) is 6.07 Å². The van der Waals surface area contributed by atoms with Crippen molar-refractivity contribution < 1.29 is 28.2 Å². The molecule has 0 heterocycles. The first kappa shape index (κ1) is 23.4. The van der Waals surface area contributed by atoms with E-state index in [4.69, 9.17) is 21.1 Å². The van der Waals surface area contributed by atoms with Crippen molar-refractivity contribution in [3.8, 4) is 11.5 Å². The van der Waals surface area contributed by atoms with Gasteiger partial charge in [0.25, 0.3) is 0 Å². The maximum Gasteiger partial charge on any atom is 0.343 e. The molecule has 168 valence electrons. The SMILES string of the molecule is COc1ccc(C(=O)Oc2ccccc2C=NNC(=O)C(=O)Nc2ccc(F)c(Cl)c2)cc1. The van der Waals surface area contributed by atoms with E-state index in [-0.39, 0.29) is 16.5 Å². The summed E-state index contributed by atoms with van der Waals surface area (Å²) in [5.41, 5.74) is 2.89. The number of esters is 1. The van der Waals surface area contributed by atoms with Gasteiger partial charge in [0.05, 0.1) is 23.9 Å². The van der Waals surface area contributed by atoms with E-state index in [1.54, 1.807) is 48.5 Å². The van der Waals surface area contributed by atoms with Gasteiger partial charge in [-0.25, -0.2) is 14.6 Å². The zero-order chi connectivity index (χ0) is 23.8. The van der Waals surface area contributed by atoms with E-state index in [9.17, 15) is 18.8 Å². The Bertz CT molecular complexity index is 1210. The van der Waals surface area contributed by atoms with Gasteiger partial charge in [-0.15, -0.1) is 0 Å². The van der Waals surface area contributed by atoms with Crippen molar-refractivity contribution in [3.05, 3.63) is 88.7 Å². The van der Waals surface area contributed by atoms with E-state index in [2.05, 4.69) is 15.8 Å². The predicted molar refractivity (Wildman–Crippen MR) is 120 cm³/mol. The predicted octanol–water partition coefficient (Wildman–Crippen LogP) is 3.80. The van der Waals surface area contributed by atoms with Gasteiger partial charge in [0, 0.05) is 11.3 Å². The van der Waals surface area contributed by atoms with Crippen LogP contribution in [0.25, 0.3) is 0 Å². The molecular formula is C23H17ClFN3O5. The van der Waals surface area contributed by atoms with Crippen LogP contribution in [0.5, 0.6) is 11.5 Å². The average Bonchev–Trinajstić information content (AvgIpc) is 2.82. The van der Waals surface area contributed by atoms with Crippen LogP contribution in [0.15, 0.2) is 71.8 Å². The summed E-state index contributed by atoms with van der Waals surface area (Å²) in [4.78, 5) is 36.3. The van der Waals surface area contributed by atoms with Crippen LogP contribution in [-0.4, -0.2) is 31.1 Å². The first-order valence-electron chi connectivity index (χ1n) is 9.42. The smallest absolute Gasteiger partial charge is 0.343 e. The highest BCUT2D eigenvalue weighted by Gasteiger charge is 2.14. The van der Waals surface area contributed by atoms with Crippen molar-refractivity contribution in [2.75, 3.05) is 12.4 Å². The molecule has 2 N–H and O–H groups in total. The monoisotopic (exact) mass is 469 g/mol. The van der Waals surface area contributed by atoms with Gasteiger partial charge in [-0.3, -0.25) is 9.59 Å². The number of nitrogens with one attached hydrogen (secondary N) is 2. The summed E-state index contributed by atoms with van der Waals surface area (Å²) in [5, 5.41) is 5.79. The van der Waals surface area contributed by atoms with Crippen LogP contribution in [0.1, 0.15) is 15.9 Å². The normalized spacial score (nSPS) is 10.5. The summed E-state index contributed by atoms with van der Waals surface area (Å²) in [5.74, 6) is -2.56. The van der Waals surface area contributed by atoms with Crippen molar-refractivity contribution in [1.29, 1.82) is 0 Å². The highest BCUT2D eigenvalue weighted by molar-refractivity contribution is 6.39. The third-order valence-electron chi connectivity index (χ3n) is 4.20. The summed E-state index contributed by atoms with van der Waals surface area (Å²) < 4.78 is 23.6. The number of benzene rings is 3. The molecule has 0 aromatic heterocycles. The maximum atomic E-state index is 13.2. The Hall–Kier alpha value is -4.24. The standard InChI is InChI=1S/C23H17ClFN3O5/c1-32-17-9-6-14(7-10-17)23(31)33-20-5-3-2-4-15(20)13-26-28-22(30)21(29)27-16-8-11-19(25)18(24)12-16/h2-13H,1H3,(H,27,29)(H,28,30). The van der Waals surface area contributed by atoms with Crippen LogP contribution in [0.4, 0.5) is 10.1 Å². The number of hydrazone groups is 1. The number of hydrogen-bond acceptors (Lipinski definition) is 6. The minimum atomic E-state index is -1.07. The molecule has 0 saturated heterocycles. The molecule has 0 bridgehead atoms. The van der Waals surface area contributed by atoms with Crippen LogP contribution in [-0.2, 0) is 9.59 Å². The van der Waals surface area contributed by atoms with Gasteiger partial charge in [-0.1, -0.05) is 23.7 Å². The summed E-state index contributed by atoms with van der Waals surface area (Å²) >= 11 is 5.64. The summed E-state index contributed by atoms with van der Waals surface area (Å²) in [6.45, 7) is 0. The summed E-state index contributed by atoms with van der Waals surface area (Å²) in [7, 11) is 1.52. The Morgan fingerprint density at radius 2 is 1.73 bits per heavy atom.